The van der Waals surface area contributed by atoms with Crippen LogP contribution in [0.5, 0.6) is 0 Å². The van der Waals surface area contributed by atoms with Crippen molar-refractivity contribution in [1.29, 1.82) is 0 Å². The third-order valence-corrected chi connectivity index (χ3v) is 3.65. The molecule has 1 aliphatic heterocycles. The minimum Gasteiger partial charge on any atom is -0.465 e. The van der Waals surface area contributed by atoms with Gasteiger partial charge in [0.1, 0.15) is 5.82 Å². The van der Waals surface area contributed by atoms with E-state index in [1.807, 2.05) is 0 Å². The Morgan fingerprint density at radius 1 is 1.42 bits per heavy atom. The maximum absolute atomic E-state index is 14.2. The molecule has 1 saturated heterocycles. The molecule has 2 rings (SSSR count). The molecule has 2 amide bonds. The van der Waals surface area contributed by atoms with Crippen LogP contribution in [-0.4, -0.2) is 41.9 Å². The number of hydrogen-bond acceptors (Lipinski definition) is 4. The normalized spacial score (nSPS) is 22.2. The lowest BCUT2D eigenvalue weighted by molar-refractivity contribution is -0.128. The number of amides is 2. The first kappa shape index (κ1) is 17.5. The van der Waals surface area contributed by atoms with E-state index >= 15 is 0 Å². The van der Waals surface area contributed by atoms with Crippen molar-refractivity contribution >= 4 is 23.5 Å². The Morgan fingerprint density at radius 3 is 2.62 bits per heavy atom. The summed E-state index contributed by atoms with van der Waals surface area (Å²) in [4.78, 5) is 36.9. The van der Waals surface area contributed by atoms with Gasteiger partial charge in [0, 0.05) is 38.0 Å². The molecule has 0 saturated carbocycles. The monoisotopic (exact) mass is 335 g/mol. The number of halogens is 1. The maximum Gasteiger partial charge on any atom is 0.409 e. The van der Waals surface area contributed by atoms with Gasteiger partial charge in [0.25, 0.3) is 5.91 Å². The summed E-state index contributed by atoms with van der Waals surface area (Å²) in [5, 5.41) is 13.5. The molecule has 8 heteroatoms. The van der Waals surface area contributed by atoms with Crippen molar-refractivity contribution in [2.75, 3.05) is 19.4 Å². The predicted molar refractivity (Wildman–Crippen MR) is 84.9 cm³/mol. The number of nitrogens with zero attached hydrogens (tertiary/aromatic N) is 1. The largest absolute Gasteiger partial charge is 0.465 e. The molecule has 0 bridgehead atoms. The van der Waals surface area contributed by atoms with Crippen molar-refractivity contribution in [1.82, 2.24) is 10.2 Å². The summed E-state index contributed by atoms with van der Waals surface area (Å²) in [7, 11) is 3.37. The Hall–Kier alpha value is -2.90. The lowest BCUT2D eigenvalue weighted by Crippen LogP contribution is -2.52. The van der Waals surface area contributed by atoms with Crippen LogP contribution in [0.1, 0.15) is 18.9 Å². The average molecular weight is 335 g/mol. The molecule has 0 radical (unpaired) electrons. The lowest BCUT2D eigenvalue weighted by Gasteiger charge is -2.35. The third-order valence-electron chi connectivity index (χ3n) is 3.65. The maximum atomic E-state index is 14.2. The number of piperidine rings is 1. The van der Waals surface area contributed by atoms with Crippen LogP contribution < -0.4 is 10.6 Å². The smallest absolute Gasteiger partial charge is 0.409 e. The molecule has 3 N–H and O–H groups in total. The quantitative estimate of drug-likeness (QED) is 0.576. The first-order valence-electron chi connectivity index (χ1n) is 7.16. The van der Waals surface area contributed by atoms with Crippen LogP contribution in [0.15, 0.2) is 30.0 Å². The first-order valence-corrected chi connectivity index (χ1v) is 7.16. The van der Waals surface area contributed by atoms with Gasteiger partial charge >= 0.3 is 6.09 Å². The topological polar surface area (TPSA) is 98.7 Å². The summed E-state index contributed by atoms with van der Waals surface area (Å²) >= 11 is 0. The van der Waals surface area contributed by atoms with E-state index in [-0.39, 0.29) is 23.2 Å². The molecule has 0 spiro atoms. The molecular formula is C16H18FN3O4. The number of benzene rings is 1. The Kier molecular flexibility index (Phi) is 4.59. The number of anilines is 1. The van der Waals surface area contributed by atoms with Crippen molar-refractivity contribution in [3.63, 3.8) is 0 Å². The fourth-order valence-electron chi connectivity index (χ4n) is 2.61. The van der Waals surface area contributed by atoms with E-state index in [2.05, 4.69) is 10.6 Å². The molecule has 1 aromatic rings. The predicted octanol–water partition coefficient (Wildman–Crippen LogP) is 1.67. The van der Waals surface area contributed by atoms with E-state index in [1.165, 1.54) is 25.3 Å². The minimum absolute atomic E-state index is 0.00213. The zero-order chi connectivity index (χ0) is 18.1. The summed E-state index contributed by atoms with van der Waals surface area (Å²) in [6, 6.07) is 3.63. The van der Waals surface area contributed by atoms with Gasteiger partial charge in [-0.25, -0.2) is 9.18 Å². The molecule has 0 aromatic heterocycles. The van der Waals surface area contributed by atoms with E-state index in [4.69, 9.17) is 5.11 Å². The second-order valence-electron chi connectivity index (χ2n) is 6.02. The highest BCUT2D eigenvalue weighted by atomic mass is 19.1. The van der Waals surface area contributed by atoms with Crippen molar-refractivity contribution in [2.24, 2.45) is 0 Å². The van der Waals surface area contributed by atoms with Gasteiger partial charge in [0.05, 0.1) is 11.1 Å². The van der Waals surface area contributed by atoms with Gasteiger partial charge in [-0.1, -0.05) is 0 Å². The standard InChI is InChI=1S/C16H18FN3O4/c1-16(7-13(21)10(8-20(2)3)14(22)19-16)11-6-9(18-15(23)24)4-5-12(11)17/h4-6,8,18H,7H2,1-3H3,(H,19,22)(H,23,24)/b10-8+. The molecule has 128 valence electrons. The van der Waals surface area contributed by atoms with Crippen LogP contribution in [-0.2, 0) is 15.1 Å². The first-order chi connectivity index (χ1) is 11.1. The van der Waals surface area contributed by atoms with Crippen LogP contribution in [0.3, 0.4) is 0 Å². The lowest BCUT2D eigenvalue weighted by atomic mass is 9.81. The van der Waals surface area contributed by atoms with Crippen molar-refractivity contribution in [2.45, 2.75) is 18.9 Å². The number of carbonyl (C=O) groups excluding carboxylic acids is 2. The highest BCUT2D eigenvalue weighted by Gasteiger charge is 2.41. The second-order valence-corrected chi connectivity index (χ2v) is 6.02. The van der Waals surface area contributed by atoms with Crippen LogP contribution >= 0.6 is 0 Å². The van der Waals surface area contributed by atoms with Crippen molar-refractivity contribution < 1.29 is 23.9 Å². The Bertz CT molecular complexity index is 723. The third kappa shape index (κ3) is 3.53. The summed E-state index contributed by atoms with van der Waals surface area (Å²) < 4.78 is 14.2. The van der Waals surface area contributed by atoms with Crippen LogP contribution in [0, 0.1) is 5.82 Å². The number of hydrogen-bond donors (Lipinski definition) is 3. The number of carbonyl (C=O) groups is 3. The van der Waals surface area contributed by atoms with E-state index in [0.717, 1.165) is 6.07 Å². The second kappa shape index (κ2) is 6.31. The van der Waals surface area contributed by atoms with Crippen LogP contribution in [0.2, 0.25) is 0 Å². The molecule has 0 aliphatic carbocycles. The Labute approximate surface area is 138 Å². The zero-order valence-electron chi connectivity index (χ0n) is 13.5. The van der Waals surface area contributed by atoms with Gasteiger partial charge in [0.15, 0.2) is 5.78 Å². The Balaban J connectivity index is 2.40. The number of rotatable bonds is 3. The van der Waals surface area contributed by atoms with E-state index < -0.39 is 29.1 Å². The summed E-state index contributed by atoms with van der Waals surface area (Å²) in [5.74, 6) is -1.65. The van der Waals surface area contributed by atoms with Crippen molar-refractivity contribution in [3.8, 4) is 0 Å². The van der Waals surface area contributed by atoms with Crippen LogP contribution in [0.25, 0.3) is 0 Å². The molecule has 1 unspecified atom stereocenters. The van der Waals surface area contributed by atoms with Crippen molar-refractivity contribution in [3.05, 3.63) is 41.4 Å². The SMILES string of the molecule is CN(C)/C=C1\C(=O)CC(C)(c2cc(NC(=O)O)ccc2F)NC1=O. The van der Waals surface area contributed by atoms with E-state index in [9.17, 15) is 18.8 Å². The van der Waals surface area contributed by atoms with Gasteiger partial charge in [-0.3, -0.25) is 14.9 Å². The number of carboxylic acid groups (broad SMARTS) is 1. The number of nitrogens with one attached hydrogen (secondary N) is 2. The van der Waals surface area contributed by atoms with E-state index in [1.54, 1.807) is 19.0 Å². The fourth-order valence-corrected chi connectivity index (χ4v) is 2.61. The summed E-state index contributed by atoms with van der Waals surface area (Å²) in [5.41, 5.74) is -1.08. The van der Waals surface area contributed by atoms with Crippen LogP contribution in [0.4, 0.5) is 14.9 Å². The molecule has 1 heterocycles. The number of ketones is 1. The minimum atomic E-state index is -1.29. The molecule has 1 aliphatic rings. The molecule has 1 aromatic carbocycles. The van der Waals surface area contributed by atoms with Gasteiger partial charge < -0.3 is 15.3 Å². The summed E-state index contributed by atoms with van der Waals surface area (Å²) in [6.45, 7) is 1.53. The highest BCUT2D eigenvalue weighted by Crippen LogP contribution is 2.33. The highest BCUT2D eigenvalue weighted by molar-refractivity contribution is 6.21. The Morgan fingerprint density at radius 2 is 2.08 bits per heavy atom. The average Bonchev–Trinajstić information content (AvgIpc) is 2.44. The molecular weight excluding hydrogens is 317 g/mol. The van der Waals surface area contributed by atoms with Gasteiger partial charge in [0.2, 0.25) is 0 Å². The van der Waals surface area contributed by atoms with Gasteiger partial charge in [-0.05, 0) is 25.1 Å². The zero-order valence-corrected chi connectivity index (χ0v) is 13.5. The molecule has 7 nitrogen and oxygen atoms in total. The number of Topliss-reactive ketones (excluding diaryl/α,β-unsaturated/α-hetero) is 1. The molecule has 1 atom stereocenters. The van der Waals surface area contributed by atoms with Gasteiger partial charge in [-0.15, -0.1) is 0 Å². The van der Waals surface area contributed by atoms with Gasteiger partial charge in [-0.2, -0.15) is 0 Å². The molecule has 24 heavy (non-hydrogen) atoms. The fraction of sp³-hybridized carbons (Fsp3) is 0.312. The molecule has 1 fully saturated rings. The van der Waals surface area contributed by atoms with E-state index in [0.29, 0.717) is 0 Å². The summed E-state index contributed by atoms with van der Waals surface area (Å²) in [6.07, 6.45) is -0.0142.